The Morgan fingerprint density at radius 3 is 0.939 bits per heavy atom. The van der Waals surface area contributed by atoms with Crippen molar-refractivity contribution in [1.82, 2.24) is 0 Å². The molecule has 0 amide bonds. The lowest BCUT2D eigenvalue weighted by Crippen LogP contribution is -2.60. The van der Waals surface area contributed by atoms with Crippen LogP contribution in [0.25, 0.3) is 0 Å². The summed E-state index contributed by atoms with van der Waals surface area (Å²) < 4.78 is 22.5. The molecule has 6 aliphatic rings. The van der Waals surface area contributed by atoms with Crippen LogP contribution in [-0.2, 0) is 38.1 Å². The molecule has 12 heteroatoms. The zero-order chi connectivity index (χ0) is 24.3. The van der Waals surface area contributed by atoms with Gasteiger partial charge in [0, 0.05) is 28.4 Å². The van der Waals surface area contributed by atoms with Crippen LogP contribution in [0.2, 0.25) is 0 Å². The smallest absolute Gasteiger partial charge is 0.227 e. The number of rotatable bonds is 4. The van der Waals surface area contributed by atoms with Gasteiger partial charge in [-0.2, -0.15) is 0 Å². The first-order valence-corrected chi connectivity index (χ1v) is 12.0. The molecule has 0 aromatic rings. The molecule has 6 bridgehead atoms. The maximum Gasteiger partial charge on any atom is 0.227 e. The number of hydrogen-bond donors (Lipinski definition) is 0. The van der Waals surface area contributed by atoms with Crippen molar-refractivity contribution in [3.05, 3.63) is 0 Å². The highest BCUT2D eigenvalue weighted by molar-refractivity contribution is 6.67. The third-order valence-corrected chi connectivity index (χ3v) is 12.5. The maximum atomic E-state index is 13.2. The molecular formula is C21H20Cl4O8. The lowest BCUT2D eigenvalue weighted by molar-refractivity contribution is -0.229. The highest BCUT2D eigenvalue weighted by Crippen LogP contribution is 2.85. The van der Waals surface area contributed by atoms with Gasteiger partial charge in [-0.25, -0.2) is 0 Å². The van der Waals surface area contributed by atoms with Crippen LogP contribution in [0, 0.1) is 35.5 Å². The summed E-state index contributed by atoms with van der Waals surface area (Å²) in [5.41, 5.74) is 0. The minimum absolute atomic E-state index is 0.421. The number of ether oxygens (including phenoxy) is 4. The summed E-state index contributed by atoms with van der Waals surface area (Å²) in [6.07, 6.45) is 0.421. The van der Waals surface area contributed by atoms with Gasteiger partial charge in [0.15, 0.2) is 19.5 Å². The van der Waals surface area contributed by atoms with E-state index in [2.05, 4.69) is 0 Å². The average molecular weight is 542 g/mol. The van der Waals surface area contributed by atoms with Crippen LogP contribution in [0.1, 0.15) is 6.42 Å². The molecule has 0 radical (unpaired) electrons. The number of halogens is 4. The molecule has 0 aromatic heterocycles. The van der Waals surface area contributed by atoms with Gasteiger partial charge in [0.25, 0.3) is 0 Å². The lowest BCUT2D eigenvalue weighted by Gasteiger charge is -2.47. The standard InChI is InChI=1S/C21H20Cl4O8/c1-30-20(31-2)16(22)8-6-5-7(9(8)17(20,23)13(27)12(16)26)11-10(6)18(24)14(28)15(29)19(11,25)21(18,32-3)33-4/h6-11H,5H2,1-4H3/t6?,7?,8-,9+,10+,11-,16-,17+,18+,19-. The molecule has 6 saturated carbocycles. The Labute approximate surface area is 208 Å². The Hall–Kier alpha value is -0.320. The van der Waals surface area contributed by atoms with E-state index in [1.54, 1.807) is 0 Å². The van der Waals surface area contributed by atoms with E-state index in [0.717, 1.165) is 0 Å². The number of hydrogen-bond acceptors (Lipinski definition) is 8. The molecule has 0 aromatic carbocycles. The van der Waals surface area contributed by atoms with E-state index in [4.69, 9.17) is 65.4 Å². The van der Waals surface area contributed by atoms with E-state index >= 15 is 0 Å². The fourth-order valence-electron chi connectivity index (χ4n) is 9.21. The molecule has 6 aliphatic carbocycles. The fraction of sp³-hybridized carbons (Fsp3) is 0.810. The van der Waals surface area contributed by atoms with Crippen LogP contribution in [0.3, 0.4) is 0 Å². The topological polar surface area (TPSA) is 105 Å². The first kappa shape index (κ1) is 23.1. The van der Waals surface area contributed by atoms with E-state index < -0.39 is 89.7 Å². The van der Waals surface area contributed by atoms with Gasteiger partial charge < -0.3 is 18.9 Å². The molecule has 0 spiro atoms. The second kappa shape index (κ2) is 5.97. The largest absolute Gasteiger partial charge is 0.349 e. The third kappa shape index (κ3) is 1.61. The second-order valence-corrected chi connectivity index (χ2v) is 12.3. The Morgan fingerprint density at radius 2 is 0.758 bits per heavy atom. The van der Waals surface area contributed by atoms with E-state index in [-0.39, 0.29) is 0 Å². The SMILES string of the molecule is COC1(OC)[C@@]2(Cl)C(=O)C(=O)[C@]1(Cl)[C@@H]1C3CC([C@@H]4[C@H]3[C@]3(Cl)C(=O)C(=O)[C@@]4(Cl)C3(OC)OC)[C@@H]12. The quantitative estimate of drug-likeness (QED) is 0.227. The monoisotopic (exact) mass is 540 g/mol. The minimum atomic E-state index is -1.94. The maximum absolute atomic E-state index is 13.2. The van der Waals surface area contributed by atoms with Crippen molar-refractivity contribution < 1.29 is 38.1 Å². The molecule has 0 heterocycles. The van der Waals surface area contributed by atoms with Gasteiger partial charge in [-0.15, -0.1) is 46.4 Å². The van der Waals surface area contributed by atoms with Crippen molar-refractivity contribution in [3.8, 4) is 0 Å². The Morgan fingerprint density at radius 1 is 0.545 bits per heavy atom. The number of fused-ring (bicyclic) bond motifs is 16. The van der Waals surface area contributed by atoms with E-state index in [0.29, 0.717) is 6.42 Å². The summed E-state index contributed by atoms with van der Waals surface area (Å²) in [5.74, 6) is -11.3. The summed E-state index contributed by atoms with van der Waals surface area (Å²) in [7, 11) is 5.10. The molecular weight excluding hydrogens is 522 g/mol. The van der Waals surface area contributed by atoms with Crippen molar-refractivity contribution in [2.75, 3.05) is 28.4 Å². The number of carbonyl (C=O) groups is 4. The summed E-state index contributed by atoms with van der Waals surface area (Å²) in [6.45, 7) is 0. The Balaban J connectivity index is 1.62. The molecule has 0 saturated heterocycles. The van der Waals surface area contributed by atoms with Gasteiger partial charge in [-0.3, -0.25) is 19.2 Å². The zero-order valence-corrected chi connectivity index (χ0v) is 21.0. The Kier molecular flexibility index (Phi) is 4.18. The van der Waals surface area contributed by atoms with Crippen LogP contribution >= 0.6 is 46.4 Å². The molecule has 0 aliphatic heterocycles. The molecule has 6 fully saturated rings. The molecule has 0 N–H and O–H groups in total. The van der Waals surface area contributed by atoms with E-state index in [9.17, 15) is 19.2 Å². The van der Waals surface area contributed by atoms with Crippen molar-refractivity contribution in [1.29, 1.82) is 0 Å². The second-order valence-electron chi connectivity index (χ2n) is 9.88. The van der Waals surface area contributed by atoms with Gasteiger partial charge in [0.1, 0.15) is 0 Å². The van der Waals surface area contributed by atoms with Gasteiger partial charge in [0.05, 0.1) is 0 Å². The molecule has 6 rings (SSSR count). The lowest BCUT2D eigenvalue weighted by atomic mass is 9.58. The first-order valence-electron chi connectivity index (χ1n) is 10.5. The molecule has 2 unspecified atom stereocenters. The average Bonchev–Trinajstić information content (AvgIpc) is 3.52. The predicted molar refractivity (Wildman–Crippen MR) is 113 cm³/mol. The van der Waals surface area contributed by atoms with Crippen LogP contribution < -0.4 is 0 Å². The third-order valence-electron chi connectivity index (χ3n) is 9.80. The fourth-order valence-corrected chi connectivity index (χ4v) is 12.1. The van der Waals surface area contributed by atoms with Gasteiger partial charge in [-0.1, -0.05) is 0 Å². The summed E-state index contributed by atoms with van der Waals surface area (Å²) in [6, 6.07) is 0. The van der Waals surface area contributed by atoms with Gasteiger partial charge in [-0.05, 0) is 41.9 Å². The summed E-state index contributed by atoms with van der Waals surface area (Å²) >= 11 is 28.1. The van der Waals surface area contributed by atoms with Crippen LogP contribution in [-0.4, -0.2) is 82.6 Å². The number of methoxy groups -OCH3 is 4. The molecule has 10 atom stereocenters. The number of alkyl halides is 4. The summed E-state index contributed by atoms with van der Waals surface area (Å²) in [5, 5.41) is 0. The van der Waals surface area contributed by atoms with Crippen molar-refractivity contribution in [2.24, 2.45) is 35.5 Å². The highest BCUT2D eigenvalue weighted by Gasteiger charge is 2.99. The molecule has 8 nitrogen and oxygen atoms in total. The number of ketones is 4. The van der Waals surface area contributed by atoms with Crippen molar-refractivity contribution in [3.63, 3.8) is 0 Å². The molecule has 180 valence electrons. The van der Waals surface area contributed by atoms with Crippen molar-refractivity contribution in [2.45, 2.75) is 37.5 Å². The highest BCUT2D eigenvalue weighted by atomic mass is 35.5. The number of carbonyl (C=O) groups excluding carboxylic acids is 4. The van der Waals surface area contributed by atoms with Crippen LogP contribution in [0.5, 0.6) is 0 Å². The van der Waals surface area contributed by atoms with Gasteiger partial charge >= 0.3 is 0 Å². The Bertz CT molecular complexity index is 918. The van der Waals surface area contributed by atoms with E-state index in [1.807, 2.05) is 0 Å². The normalized spacial score (nSPS) is 56.2. The minimum Gasteiger partial charge on any atom is -0.349 e. The predicted octanol–water partition coefficient (Wildman–Crippen LogP) is 1.32. The van der Waals surface area contributed by atoms with Crippen LogP contribution in [0.15, 0.2) is 0 Å². The first-order chi connectivity index (χ1) is 15.3. The summed E-state index contributed by atoms with van der Waals surface area (Å²) in [4.78, 5) is 45.2. The zero-order valence-electron chi connectivity index (χ0n) is 17.9. The van der Waals surface area contributed by atoms with Crippen molar-refractivity contribution >= 4 is 69.5 Å². The van der Waals surface area contributed by atoms with Crippen LogP contribution in [0.4, 0.5) is 0 Å². The van der Waals surface area contributed by atoms with E-state index in [1.165, 1.54) is 28.4 Å². The number of Topliss-reactive ketones (excluding diaryl/α,β-unsaturated/α-hetero) is 4. The molecule has 33 heavy (non-hydrogen) atoms. The van der Waals surface area contributed by atoms with Gasteiger partial charge in [0.2, 0.25) is 34.7 Å².